The lowest BCUT2D eigenvalue weighted by Crippen LogP contribution is -2.24. The molecule has 0 fully saturated rings. The largest absolute Gasteiger partial charge is 0.472 e. The predicted molar refractivity (Wildman–Crippen MR) is 147 cm³/mol. The van der Waals surface area contributed by atoms with Crippen molar-refractivity contribution in [2.24, 2.45) is 0 Å². The lowest BCUT2D eigenvalue weighted by molar-refractivity contribution is -0.386. The normalized spacial score (nSPS) is 14.3. The fourth-order valence-corrected chi connectivity index (χ4v) is 4.70. The van der Waals surface area contributed by atoms with Gasteiger partial charge in [0.15, 0.2) is 0 Å². The molecule has 4 aromatic rings. The third kappa shape index (κ3) is 5.57. The lowest BCUT2D eigenvalue weighted by Gasteiger charge is -2.24. The van der Waals surface area contributed by atoms with Crippen molar-refractivity contribution in [1.82, 2.24) is 14.7 Å². The Morgan fingerprint density at radius 2 is 1.85 bits per heavy atom. The van der Waals surface area contributed by atoms with E-state index in [4.69, 9.17) is 9.84 Å². The predicted octanol–water partition coefficient (Wildman–Crippen LogP) is 6.49. The molecule has 3 aromatic carbocycles. The third-order valence-electron chi connectivity index (χ3n) is 6.31. The van der Waals surface area contributed by atoms with Gasteiger partial charge in [-0.1, -0.05) is 22.0 Å². The van der Waals surface area contributed by atoms with Gasteiger partial charge in [-0.3, -0.25) is 14.9 Å². The maximum absolute atomic E-state index is 15.2. The number of ether oxygens (including phenoxy) is 1. The number of nitro benzene ring substituents is 1. The molecule has 12 heteroatoms. The zero-order valence-corrected chi connectivity index (χ0v) is 22.6. The molecule has 0 aliphatic carbocycles. The number of anilines is 1. The fraction of sp³-hybridized carbons (Fsp3) is 0.143. The van der Waals surface area contributed by atoms with Gasteiger partial charge in [-0.2, -0.15) is 9.49 Å². The number of amides is 1. The van der Waals surface area contributed by atoms with Gasteiger partial charge >= 0.3 is 5.69 Å². The van der Waals surface area contributed by atoms with E-state index in [1.807, 2.05) is 35.4 Å². The zero-order valence-electron chi connectivity index (χ0n) is 21.1. The van der Waals surface area contributed by atoms with E-state index in [1.165, 1.54) is 37.5 Å². The summed E-state index contributed by atoms with van der Waals surface area (Å²) in [6.07, 6.45) is 4.51. The summed E-state index contributed by atoms with van der Waals surface area (Å²) < 4.78 is 37.3. The number of rotatable bonds is 8. The zero-order chi connectivity index (χ0) is 28.4. The number of benzene rings is 3. The van der Waals surface area contributed by atoms with Gasteiger partial charge in [0.2, 0.25) is 18.0 Å². The number of nitrogens with zero attached hydrogens (tertiary/aromatic N) is 4. The summed E-state index contributed by atoms with van der Waals surface area (Å²) in [7, 11) is 0. The Balaban J connectivity index is 1.45. The van der Waals surface area contributed by atoms with Crippen LogP contribution < -0.4 is 5.32 Å². The number of hydrogen-bond donors (Lipinski definition) is 1. The van der Waals surface area contributed by atoms with Crippen LogP contribution in [-0.2, 0) is 16.0 Å². The topological polar surface area (TPSA) is 103 Å². The van der Waals surface area contributed by atoms with Crippen molar-refractivity contribution in [3.8, 4) is 16.9 Å². The summed E-state index contributed by atoms with van der Waals surface area (Å²) in [5.74, 6) is -1.93. The Morgan fingerprint density at radius 1 is 1.12 bits per heavy atom. The summed E-state index contributed by atoms with van der Waals surface area (Å²) in [4.78, 5) is 23.9. The molecule has 0 bridgehead atoms. The van der Waals surface area contributed by atoms with Crippen molar-refractivity contribution in [3.63, 3.8) is 0 Å². The fourth-order valence-electron chi connectivity index (χ4n) is 4.43. The number of nitrogens with one attached hydrogen (secondary N) is 1. The van der Waals surface area contributed by atoms with E-state index in [-0.39, 0.29) is 30.0 Å². The third-order valence-corrected chi connectivity index (χ3v) is 6.84. The molecule has 1 aliphatic rings. The summed E-state index contributed by atoms with van der Waals surface area (Å²) in [6, 6.07) is 16.3. The SMILES string of the molecule is CC(=O)Nc1ccc(CCN2C=COC2c2cn(-c3ccc(Br)cc3)nc2-c2ccc(F)cc2)c(F)c1[N+](=O)[O-]. The first-order valence-corrected chi connectivity index (χ1v) is 12.9. The minimum Gasteiger partial charge on any atom is -0.472 e. The summed E-state index contributed by atoms with van der Waals surface area (Å²) in [5, 5.41) is 18.6. The maximum Gasteiger partial charge on any atom is 0.328 e. The number of nitro groups is 1. The van der Waals surface area contributed by atoms with E-state index in [9.17, 15) is 19.3 Å². The Labute approximate surface area is 236 Å². The molecule has 0 saturated heterocycles. The van der Waals surface area contributed by atoms with Crippen molar-refractivity contribution >= 4 is 33.2 Å². The van der Waals surface area contributed by atoms with Gasteiger partial charge in [-0.15, -0.1) is 0 Å². The first-order valence-electron chi connectivity index (χ1n) is 12.1. The second kappa shape index (κ2) is 11.3. The highest BCUT2D eigenvalue weighted by Gasteiger charge is 2.30. The van der Waals surface area contributed by atoms with Gasteiger partial charge in [0, 0.05) is 35.9 Å². The van der Waals surface area contributed by atoms with Gasteiger partial charge in [0.25, 0.3) is 0 Å². The van der Waals surface area contributed by atoms with E-state index in [0.717, 1.165) is 10.2 Å². The highest BCUT2D eigenvalue weighted by atomic mass is 79.9. The van der Waals surface area contributed by atoms with E-state index in [0.29, 0.717) is 16.8 Å². The lowest BCUT2D eigenvalue weighted by atomic mass is 10.1. The van der Waals surface area contributed by atoms with Crippen molar-refractivity contribution < 1.29 is 23.2 Å². The Kier molecular flexibility index (Phi) is 7.60. The second-order valence-electron chi connectivity index (χ2n) is 9.00. The van der Waals surface area contributed by atoms with Crippen LogP contribution in [0, 0.1) is 21.7 Å². The van der Waals surface area contributed by atoms with Gasteiger partial charge in [-0.25, -0.2) is 9.07 Å². The van der Waals surface area contributed by atoms with Crippen LogP contribution in [0.2, 0.25) is 0 Å². The summed E-state index contributed by atoms with van der Waals surface area (Å²) in [6.45, 7) is 1.44. The highest BCUT2D eigenvalue weighted by Crippen LogP contribution is 2.36. The Morgan fingerprint density at radius 3 is 2.52 bits per heavy atom. The van der Waals surface area contributed by atoms with Crippen LogP contribution in [-0.4, -0.2) is 32.1 Å². The van der Waals surface area contributed by atoms with E-state index < -0.39 is 28.6 Å². The molecule has 40 heavy (non-hydrogen) atoms. The molecule has 0 spiro atoms. The monoisotopic (exact) mass is 609 g/mol. The van der Waals surface area contributed by atoms with Crippen LogP contribution in [0.1, 0.15) is 24.3 Å². The van der Waals surface area contributed by atoms with Crippen LogP contribution in [0.5, 0.6) is 0 Å². The number of halogens is 3. The maximum atomic E-state index is 15.2. The number of carbonyl (C=O) groups excluding carboxylic acids is 1. The minimum absolute atomic E-state index is 0.115. The number of aromatic nitrogens is 2. The average Bonchev–Trinajstić information content (AvgIpc) is 3.56. The van der Waals surface area contributed by atoms with Crippen LogP contribution in [0.4, 0.5) is 20.2 Å². The highest BCUT2D eigenvalue weighted by molar-refractivity contribution is 9.10. The Hall–Kier alpha value is -4.58. The molecule has 1 amide bonds. The number of carbonyl (C=O) groups is 1. The second-order valence-corrected chi connectivity index (χ2v) is 9.91. The summed E-state index contributed by atoms with van der Waals surface area (Å²) in [5.41, 5.74) is 1.86. The molecule has 1 N–H and O–H groups in total. The van der Waals surface area contributed by atoms with Crippen molar-refractivity contribution in [2.75, 3.05) is 11.9 Å². The smallest absolute Gasteiger partial charge is 0.328 e. The molecule has 9 nitrogen and oxygen atoms in total. The molecular weight excluding hydrogens is 588 g/mol. The van der Waals surface area contributed by atoms with Gasteiger partial charge < -0.3 is 15.0 Å². The molecule has 1 atom stereocenters. The van der Waals surface area contributed by atoms with Crippen LogP contribution in [0.25, 0.3) is 16.9 Å². The van der Waals surface area contributed by atoms with Crippen molar-refractivity contribution in [2.45, 2.75) is 19.6 Å². The van der Waals surface area contributed by atoms with E-state index >= 15 is 4.39 Å². The average molecular weight is 610 g/mol. The number of hydrogen-bond acceptors (Lipinski definition) is 6. The van der Waals surface area contributed by atoms with E-state index in [2.05, 4.69) is 21.2 Å². The first kappa shape index (κ1) is 27.0. The molecule has 204 valence electrons. The molecule has 0 saturated carbocycles. The Bertz CT molecular complexity index is 1610. The van der Waals surface area contributed by atoms with Gasteiger partial charge in [0.1, 0.15) is 23.5 Å². The summed E-state index contributed by atoms with van der Waals surface area (Å²) >= 11 is 3.43. The first-order chi connectivity index (χ1) is 19.2. The molecular formula is C28H22BrF2N5O4. The molecule has 0 radical (unpaired) electrons. The van der Waals surface area contributed by atoms with Gasteiger partial charge in [-0.05, 0) is 66.6 Å². The van der Waals surface area contributed by atoms with Crippen LogP contribution >= 0.6 is 15.9 Å². The standard InChI is InChI=1S/C28H22BrF2N5O4/c1-17(37)32-24-11-4-18(25(31)27(24)36(38)39)12-13-34-14-15-40-28(34)23-16-35(22-9-5-20(29)6-10-22)33-26(23)19-2-7-21(30)8-3-19/h2-11,14-16,28H,12-13H2,1H3,(H,32,37). The van der Waals surface area contributed by atoms with Crippen molar-refractivity contribution in [1.29, 1.82) is 0 Å². The van der Waals surface area contributed by atoms with E-state index in [1.54, 1.807) is 23.0 Å². The van der Waals surface area contributed by atoms with Crippen LogP contribution in [0.15, 0.2) is 83.8 Å². The minimum atomic E-state index is -1.01. The van der Waals surface area contributed by atoms with Crippen LogP contribution in [0.3, 0.4) is 0 Å². The molecule has 5 rings (SSSR count). The molecule has 1 aliphatic heterocycles. The quantitative estimate of drug-likeness (QED) is 0.181. The van der Waals surface area contributed by atoms with Gasteiger partial charge in [0.05, 0.1) is 16.2 Å². The molecule has 2 heterocycles. The van der Waals surface area contributed by atoms with Crippen molar-refractivity contribution in [3.05, 3.63) is 117 Å². The molecule has 1 unspecified atom stereocenters. The molecule has 1 aromatic heterocycles.